The number of rotatable bonds is 9. The molecule has 0 saturated heterocycles. The number of benzene rings is 1. The number of likely N-dealkylation sites (N-methyl/N-ethyl adjacent to an activating group) is 1. The maximum atomic E-state index is 12.6. The first kappa shape index (κ1) is 20.2. The summed E-state index contributed by atoms with van der Waals surface area (Å²) in [5.41, 5.74) is 0.568. The molecule has 1 aliphatic rings. The summed E-state index contributed by atoms with van der Waals surface area (Å²) in [6, 6.07) is 5.19. The maximum absolute atomic E-state index is 12.6. The first-order valence-electron chi connectivity index (χ1n) is 8.67. The van der Waals surface area contributed by atoms with E-state index in [1.165, 1.54) is 26.0 Å². The summed E-state index contributed by atoms with van der Waals surface area (Å²) in [6.07, 6.45) is 2.52. The second-order valence-electron chi connectivity index (χ2n) is 6.53. The third kappa shape index (κ3) is 6.01. The van der Waals surface area contributed by atoms with Crippen LogP contribution in [0.2, 0.25) is 0 Å². The third-order valence-electron chi connectivity index (χ3n) is 4.46. The van der Waals surface area contributed by atoms with E-state index in [1.807, 2.05) is 0 Å². The van der Waals surface area contributed by atoms with Crippen molar-refractivity contribution in [2.24, 2.45) is 10.9 Å². The molecule has 1 fully saturated rings. The standard InChI is InChI=1S/C18H28F2N4O2/c1-21-18(23-11-15(24(2)3)12-5-6-12)22-10-13-9-14(25-4)7-8-16(13)26-17(19)20/h7-9,12,15,17H,5-6,10-11H2,1-4H3,(H2,21,22,23). The molecule has 6 nitrogen and oxygen atoms in total. The normalized spacial score (nSPS) is 15.9. The van der Waals surface area contributed by atoms with E-state index in [0.29, 0.717) is 23.3 Å². The first-order valence-corrected chi connectivity index (χ1v) is 8.67. The fourth-order valence-electron chi connectivity index (χ4n) is 2.88. The number of nitrogens with zero attached hydrogens (tertiary/aromatic N) is 2. The van der Waals surface area contributed by atoms with Crippen LogP contribution in [0.1, 0.15) is 18.4 Å². The van der Waals surface area contributed by atoms with Gasteiger partial charge >= 0.3 is 6.61 Å². The van der Waals surface area contributed by atoms with Gasteiger partial charge in [0.1, 0.15) is 11.5 Å². The molecule has 1 saturated carbocycles. The molecule has 1 atom stereocenters. The summed E-state index contributed by atoms with van der Waals surface area (Å²) in [6.45, 7) is -1.82. The van der Waals surface area contributed by atoms with Gasteiger partial charge in [-0.2, -0.15) is 8.78 Å². The highest BCUT2D eigenvalue weighted by Crippen LogP contribution is 2.34. The highest BCUT2D eigenvalue weighted by Gasteiger charge is 2.32. The summed E-state index contributed by atoms with van der Waals surface area (Å²) in [5.74, 6) is 2.03. The van der Waals surface area contributed by atoms with Crippen molar-refractivity contribution in [2.75, 3.05) is 34.8 Å². The van der Waals surface area contributed by atoms with Crippen molar-refractivity contribution in [1.82, 2.24) is 15.5 Å². The lowest BCUT2D eigenvalue weighted by Crippen LogP contribution is -2.45. The minimum atomic E-state index is -2.88. The van der Waals surface area contributed by atoms with Gasteiger partial charge in [0.15, 0.2) is 5.96 Å². The number of guanidine groups is 1. The van der Waals surface area contributed by atoms with Crippen molar-refractivity contribution >= 4 is 5.96 Å². The minimum absolute atomic E-state index is 0.118. The van der Waals surface area contributed by atoms with Crippen molar-refractivity contribution < 1.29 is 18.3 Å². The molecule has 26 heavy (non-hydrogen) atoms. The Bertz CT molecular complexity index is 605. The van der Waals surface area contributed by atoms with Crippen LogP contribution >= 0.6 is 0 Å². The molecular weight excluding hydrogens is 342 g/mol. The van der Waals surface area contributed by atoms with E-state index in [0.717, 1.165) is 12.5 Å². The van der Waals surface area contributed by atoms with Crippen molar-refractivity contribution in [2.45, 2.75) is 32.0 Å². The molecule has 1 aromatic rings. The van der Waals surface area contributed by atoms with E-state index in [-0.39, 0.29) is 12.3 Å². The third-order valence-corrected chi connectivity index (χ3v) is 4.46. The average molecular weight is 370 g/mol. The fraction of sp³-hybridized carbons (Fsp3) is 0.611. The predicted molar refractivity (Wildman–Crippen MR) is 98.0 cm³/mol. The zero-order valence-corrected chi connectivity index (χ0v) is 15.8. The Labute approximate surface area is 153 Å². The smallest absolute Gasteiger partial charge is 0.387 e. The van der Waals surface area contributed by atoms with Crippen LogP contribution in [0.4, 0.5) is 8.78 Å². The van der Waals surface area contributed by atoms with Gasteiger partial charge in [-0.1, -0.05) is 0 Å². The molecule has 0 aliphatic heterocycles. The molecule has 1 aliphatic carbocycles. The van der Waals surface area contributed by atoms with Gasteiger partial charge in [-0.05, 0) is 51.1 Å². The average Bonchev–Trinajstić information content (AvgIpc) is 3.43. The molecule has 1 unspecified atom stereocenters. The van der Waals surface area contributed by atoms with E-state index in [4.69, 9.17) is 4.74 Å². The quantitative estimate of drug-likeness (QED) is 0.516. The number of hydrogen-bond acceptors (Lipinski definition) is 4. The van der Waals surface area contributed by atoms with Gasteiger partial charge in [0.05, 0.1) is 7.11 Å². The zero-order valence-electron chi connectivity index (χ0n) is 15.8. The molecule has 0 heterocycles. The Kier molecular flexibility index (Phi) is 7.44. The lowest BCUT2D eigenvalue weighted by Gasteiger charge is -2.25. The van der Waals surface area contributed by atoms with Crippen LogP contribution in [0.25, 0.3) is 0 Å². The Morgan fingerprint density at radius 3 is 2.58 bits per heavy atom. The molecule has 0 spiro atoms. The molecule has 0 bridgehead atoms. The Balaban J connectivity index is 1.96. The second-order valence-corrected chi connectivity index (χ2v) is 6.53. The van der Waals surface area contributed by atoms with Gasteiger partial charge in [-0.3, -0.25) is 4.99 Å². The predicted octanol–water partition coefficient (Wildman–Crippen LogP) is 2.30. The molecule has 2 rings (SSSR count). The van der Waals surface area contributed by atoms with E-state index in [9.17, 15) is 8.78 Å². The lowest BCUT2D eigenvalue weighted by molar-refractivity contribution is -0.0504. The van der Waals surface area contributed by atoms with Crippen LogP contribution in [-0.2, 0) is 6.54 Å². The summed E-state index contributed by atoms with van der Waals surface area (Å²) in [7, 11) is 7.36. The molecule has 0 amide bonds. The van der Waals surface area contributed by atoms with Gasteiger partial charge in [0.25, 0.3) is 0 Å². The van der Waals surface area contributed by atoms with Crippen LogP contribution in [0.3, 0.4) is 0 Å². The number of methoxy groups -OCH3 is 1. The Hall–Kier alpha value is -2.09. The summed E-state index contributed by atoms with van der Waals surface area (Å²) in [5, 5.41) is 6.45. The molecule has 0 aromatic heterocycles. The van der Waals surface area contributed by atoms with Gasteiger partial charge in [0, 0.05) is 31.7 Å². The summed E-state index contributed by atoms with van der Waals surface area (Å²) < 4.78 is 34.9. The van der Waals surface area contributed by atoms with E-state index < -0.39 is 6.61 Å². The SMILES string of the molecule is CN=C(NCc1cc(OC)ccc1OC(F)F)NCC(C1CC1)N(C)C. The minimum Gasteiger partial charge on any atom is -0.497 e. The molecule has 8 heteroatoms. The van der Waals surface area contributed by atoms with Crippen LogP contribution < -0.4 is 20.1 Å². The van der Waals surface area contributed by atoms with E-state index in [2.05, 4.69) is 39.4 Å². The summed E-state index contributed by atoms with van der Waals surface area (Å²) in [4.78, 5) is 6.42. The lowest BCUT2D eigenvalue weighted by atomic mass is 10.1. The van der Waals surface area contributed by atoms with Gasteiger partial charge in [-0.25, -0.2) is 0 Å². The van der Waals surface area contributed by atoms with Crippen LogP contribution in [0.15, 0.2) is 23.2 Å². The monoisotopic (exact) mass is 370 g/mol. The largest absolute Gasteiger partial charge is 0.497 e. The molecular formula is C18H28F2N4O2. The Morgan fingerprint density at radius 1 is 1.31 bits per heavy atom. The maximum Gasteiger partial charge on any atom is 0.387 e. The first-order chi connectivity index (χ1) is 12.4. The van der Waals surface area contributed by atoms with Gasteiger partial charge in [-0.15, -0.1) is 0 Å². The second kappa shape index (κ2) is 9.56. The van der Waals surface area contributed by atoms with Gasteiger partial charge in [0.2, 0.25) is 0 Å². The number of aliphatic imine (C=N–C) groups is 1. The van der Waals surface area contributed by atoms with Crippen LogP contribution in [-0.4, -0.2) is 58.3 Å². The number of hydrogen-bond donors (Lipinski definition) is 2. The van der Waals surface area contributed by atoms with E-state index >= 15 is 0 Å². The number of halogens is 2. The van der Waals surface area contributed by atoms with E-state index in [1.54, 1.807) is 19.2 Å². The summed E-state index contributed by atoms with van der Waals surface area (Å²) >= 11 is 0. The van der Waals surface area contributed by atoms with Crippen LogP contribution in [0, 0.1) is 5.92 Å². The van der Waals surface area contributed by atoms with Crippen molar-refractivity contribution in [3.8, 4) is 11.5 Å². The molecule has 1 aromatic carbocycles. The van der Waals surface area contributed by atoms with Gasteiger partial charge < -0.3 is 25.0 Å². The van der Waals surface area contributed by atoms with Crippen molar-refractivity contribution in [1.29, 1.82) is 0 Å². The van der Waals surface area contributed by atoms with Crippen molar-refractivity contribution in [3.05, 3.63) is 23.8 Å². The molecule has 0 radical (unpaired) electrons. The molecule has 146 valence electrons. The topological polar surface area (TPSA) is 58.1 Å². The van der Waals surface area contributed by atoms with Crippen LogP contribution in [0.5, 0.6) is 11.5 Å². The molecule has 2 N–H and O–H groups in total. The highest BCUT2D eigenvalue weighted by atomic mass is 19.3. The number of ether oxygens (including phenoxy) is 2. The fourth-order valence-corrected chi connectivity index (χ4v) is 2.88. The number of nitrogens with one attached hydrogen (secondary N) is 2. The number of alkyl halides is 2. The Morgan fingerprint density at radius 2 is 2.04 bits per heavy atom. The zero-order chi connectivity index (χ0) is 19.1. The highest BCUT2D eigenvalue weighted by molar-refractivity contribution is 5.79. The van der Waals surface area contributed by atoms with Crippen molar-refractivity contribution in [3.63, 3.8) is 0 Å².